The fourth-order valence-corrected chi connectivity index (χ4v) is 22.2. The molecule has 5 N–H and O–H groups in total. The Labute approximate surface area is 633 Å². The lowest BCUT2D eigenvalue weighted by Gasteiger charge is -2.39. The van der Waals surface area contributed by atoms with Gasteiger partial charge in [0, 0.05) is 44.2 Å². The molecule has 0 radical (unpaired) electrons. The van der Waals surface area contributed by atoms with Crippen LogP contribution >= 0.6 is 0 Å². The van der Waals surface area contributed by atoms with Gasteiger partial charge in [-0.05, 0) is 146 Å². The predicted molar refractivity (Wildman–Crippen MR) is 422 cm³/mol. The van der Waals surface area contributed by atoms with Crippen LogP contribution in [-0.4, -0.2) is 150 Å². The van der Waals surface area contributed by atoms with E-state index < -0.39 is 71.5 Å². The van der Waals surface area contributed by atoms with Crippen molar-refractivity contribution in [1.82, 2.24) is 25.6 Å². The molecule has 0 aliphatic carbocycles. The summed E-state index contributed by atoms with van der Waals surface area (Å²) in [4.78, 5) is 38.8. The van der Waals surface area contributed by atoms with Crippen LogP contribution in [0.2, 0.25) is 10.1 Å². The monoisotopic (exact) mass is 1540 g/mol. The van der Waals surface area contributed by atoms with Crippen molar-refractivity contribution in [1.29, 1.82) is 0 Å². The highest BCUT2D eigenvalue weighted by Gasteiger charge is 2.48. The number of amides is 2. The molecule has 22 nitrogen and oxygen atoms in total. The van der Waals surface area contributed by atoms with E-state index in [1.807, 2.05) is 30.5 Å². The first kappa shape index (κ1) is 85.1. The van der Waals surface area contributed by atoms with E-state index in [4.69, 9.17) is 33.2 Å². The van der Waals surface area contributed by atoms with Crippen LogP contribution in [0.4, 0.5) is 4.79 Å². The third-order valence-electron chi connectivity index (χ3n) is 17.4. The summed E-state index contributed by atoms with van der Waals surface area (Å²) in [5.74, 6) is 5.11. The number of carbonyl (C=O) groups is 3. The van der Waals surface area contributed by atoms with Crippen LogP contribution in [0, 0.1) is 22.9 Å². The molecule has 0 unspecified atom stereocenters. The molecular formula is C81H105N5O17S2Si2. The number of rotatable bonds is 41. The minimum atomic E-state index is -4.33. The number of benzene rings is 6. The summed E-state index contributed by atoms with van der Waals surface area (Å²) in [6.07, 6.45) is 7.52. The summed E-state index contributed by atoms with van der Waals surface area (Å²) >= 11 is 0. The van der Waals surface area contributed by atoms with Gasteiger partial charge in [0.2, 0.25) is 27.6 Å². The topological polar surface area (TPSA) is 300 Å². The second-order valence-electron chi connectivity index (χ2n) is 29.1. The minimum Gasteiger partial charge on any atom is -0.490 e. The van der Waals surface area contributed by atoms with E-state index in [9.17, 15) is 45.4 Å². The number of nitrogens with one attached hydrogen (secondary N) is 2. The quantitative estimate of drug-likeness (QED) is 0.0103. The lowest BCUT2D eigenvalue weighted by molar-refractivity contribution is 0.0524. The van der Waals surface area contributed by atoms with Gasteiger partial charge in [-0.15, -0.1) is 28.0 Å². The number of aromatic nitrogens is 3. The Morgan fingerprint density at radius 1 is 0.477 bits per heavy atom. The van der Waals surface area contributed by atoms with Crippen LogP contribution in [0.15, 0.2) is 152 Å². The predicted octanol–water partition coefficient (Wildman–Crippen LogP) is 12.1. The van der Waals surface area contributed by atoms with E-state index in [0.29, 0.717) is 63.7 Å². The number of alkyl carbamates (subject to hydrolysis) is 1. The number of aryl methyl sites for hydroxylation is 2. The Morgan fingerprint density at radius 2 is 0.850 bits per heavy atom. The lowest BCUT2D eigenvalue weighted by Crippen LogP contribution is -2.63. The molecule has 0 spiro atoms. The number of hydrogen-bond donors (Lipinski definition) is 5. The first-order valence-corrected chi connectivity index (χ1v) is 43.7. The highest BCUT2D eigenvalue weighted by molar-refractivity contribution is 7.86. The summed E-state index contributed by atoms with van der Waals surface area (Å²) < 4.78 is 109. The average Bonchev–Trinajstić information content (AvgIpc) is 0.788. The van der Waals surface area contributed by atoms with Gasteiger partial charge in [0.1, 0.15) is 5.60 Å². The fourth-order valence-electron chi connectivity index (χ4n) is 12.3. The van der Waals surface area contributed by atoms with Crippen LogP contribution in [0.1, 0.15) is 166 Å². The van der Waals surface area contributed by atoms with Gasteiger partial charge < -0.3 is 48.9 Å². The number of carboxylic acid groups (broad SMARTS) is 1. The number of carboxylic acids is 1. The van der Waals surface area contributed by atoms with Crippen molar-refractivity contribution in [3.63, 3.8) is 0 Å². The van der Waals surface area contributed by atoms with Crippen LogP contribution < -0.4 is 59.8 Å². The molecular weight excluding hydrogens is 1440 g/mol. The molecule has 0 bridgehead atoms. The largest absolute Gasteiger partial charge is 0.490 e. The van der Waals surface area contributed by atoms with E-state index in [1.54, 1.807) is 25.5 Å². The Balaban J connectivity index is 0.995. The van der Waals surface area contributed by atoms with E-state index in [1.165, 1.54) is 45.0 Å². The van der Waals surface area contributed by atoms with Crippen molar-refractivity contribution in [2.75, 3.05) is 64.2 Å². The molecule has 0 aliphatic heterocycles. The van der Waals surface area contributed by atoms with Gasteiger partial charge in [0.05, 0.1) is 62.4 Å². The molecule has 0 aliphatic rings. The standard InChI is InChI=1S/C81H105N5O17S2Si2/c1-79(2,3)103-78(90)83-46-33-51-102-74-70(99-52-34-54-104(91,92)93)58-63(59-71(74)100-53-35-55-105(94,95)96)76(87)82-45-32-47-86-62-65(84-85-86)36-26-29-50-101-75-72(97-48-27-10-12-30-56-106(80(4,5)6,66-37-18-14-19-38-66)67-39-20-15-21-40-67)60-64(77(88)89)61-73(75)98-49-28-11-13-31-57-107(81(7,8)9,68-41-22-16-23-42-68)69-43-24-17-25-44-69/h14-25,37-44,58-62H,10-13,26-29,32-36,45-55H2,1-9H3,(H,82,87)(H,83,90)(H,88,89)(H,91,92,93)(H,94,95,96). The van der Waals surface area contributed by atoms with Gasteiger partial charge in [-0.2, -0.15) is 16.8 Å². The molecule has 107 heavy (non-hydrogen) atoms. The van der Waals surface area contributed by atoms with Crippen LogP contribution in [0.5, 0.6) is 34.5 Å². The first-order chi connectivity index (χ1) is 50.9. The van der Waals surface area contributed by atoms with Crippen molar-refractivity contribution in [3.8, 4) is 57.4 Å². The maximum atomic E-state index is 13.8. The van der Waals surface area contributed by atoms with Crippen molar-refractivity contribution in [3.05, 3.63) is 169 Å². The Morgan fingerprint density at radius 3 is 1.24 bits per heavy atom. The van der Waals surface area contributed by atoms with E-state index in [0.717, 1.165) is 18.5 Å². The molecule has 0 atom stereocenters. The molecule has 26 heteroatoms. The molecule has 7 aromatic rings. The number of ether oxygens (including phenoxy) is 7. The number of hydrogen-bond acceptors (Lipinski definition) is 16. The normalized spacial score (nSPS) is 12.0. The zero-order chi connectivity index (χ0) is 77.6. The van der Waals surface area contributed by atoms with Gasteiger partial charge in [-0.1, -0.05) is 168 Å². The van der Waals surface area contributed by atoms with Crippen molar-refractivity contribution in [2.45, 2.75) is 168 Å². The maximum Gasteiger partial charge on any atom is 0.407 e. The van der Waals surface area contributed by atoms with Crippen LogP contribution in [0.25, 0.3) is 0 Å². The summed E-state index contributed by atoms with van der Waals surface area (Å²) in [7, 11) is -13.8. The molecule has 6 aromatic carbocycles. The molecule has 1 heterocycles. The number of unbranched alkanes of at least 4 members (excludes halogenated alkanes) is 5. The van der Waals surface area contributed by atoms with Gasteiger partial charge in [0.15, 0.2) is 23.0 Å². The van der Waals surface area contributed by atoms with E-state index in [-0.39, 0.29) is 122 Å². The molecule has 576 valence electrons. The highest BCUT2D eigenvalue weighted by atomic mass is 32.2. The lowest BCUT2D eigenvalue weighted by atomic mass is 10.1. The van der Waals surface area contributed by atoms with Crippen LogP contribution in [-0.2, 0) is 37.9 Å². The van der Waals surface area contributed by atoms with Crippen LogP contribution in [0.3, 0.4) is 0 Å². The third-order valence-corrected chi connectivity index (χ3v) is 29.5. The first-order valence-electron chi connectivity index (χ1n) is 36.5. The van der Waals surface area contributed by atoms with Crippen molar-refractivity contribution < 1.29 is 78.6 Å². The number of aromatic carboxylic acids is 1. The third kappa shape index (κ3) is 26.9. The van der Waals surface area contributed by atoms with Crippen molar-refractivity contribution >= 4 is 75.1 Å². The second kappa shape index (κ2) is 40.7. The van der Waals surface area contributed by atoms with Crippen molar-refractivity contribution in [2.24, 2.45) is 0 Å². The fraction of sp³-hybridized carbons (Fsp3) is 0.444. The van der Waals surface area contributed by atoms with Gasteiger partial charge in [0.25, 0.3) is 26.1 Å². The Hall–Kier alpha value is -9.16. The van der Waals surface area contributed by atoms with E-state index >= 15 is 0 Å². The molecule has 0 saturated carbocycles. The van der Waals surface area contributed by atoms with Gasteiger partial charge in [-0.25, -0.2) is 9.59 Å². The summed E-state index contributed by atoms with van der Waals surface area (Å²) in [5.41, 5.74) is 7.82. The molecule has 0 fully saturated rings. The summed E-state index contributed by atoms with van der Waals surface area (Å²) in [5, 5.41) is 29.5. The SMILES string of the molecule is CC(C)(C)OC(=O)NCCCOc1c(OCCCS(=O)(=O)O)cc(C(=O)NCCCn2cc(CCCCOc3c(OCCCCC#C[Si](c4ccccc4)(c4ccccc4)C(C)(C)C)cc(C(=O)O)cc3OCCCCC#C[Si](c3ccccc3)(c3ccccc3)C(C)(C)C)nn2)cc1OCCCS(=O)(=O)O. The second-order valence-corrected chi connectivity index (χ2v) is 41.0. The van der Waals surface area contributed by atoms with Gasteiger partial charge in [-0.3, -0.25) is 18.6 Å². The molecule has 2 amide bonds. The smallest absolute Gasteiger partial charge is 0.407 e. The Kier molecular flexibility index (Phi) is 32.4. The Bertz CT molecular complexity index is 4070. The number of carbonyl (C=O) groups excluding carboxylic acids is 2. The summed E-state index contributed by atoms with van der Waals surface area (Å²) in [6.45, 7) is 19.9. The highest BCUT2D eigenvalue weighted by Crippen LogP contribution is 2.42. The minimum absolute atomic E-state index is 0.00156. The molecule has 0 saturated heterocycles. The van der Waals surface area contributed by atoms with Gasteiger partial charge >= 0.3 is 12.1 Å². The number of nitrogens with zero attached hydrogens (tertiary/aromatic N) is 3. The zero-order valence-electron chi connectivity index (χ0n) is 63.1. The summed E-state index contributed by atoms with van der Waals surface area (Å²) in [6, 6.07) is 48.3. The zero-order valence-corrected chi connectivity index (χ0v) is 66.8. The maximum absolute atomic E-state index is 13.8. The van der Waals surface area contributed by atoms with E-state index in [2.05, 4.69) is 182 Å². The average molecular weight is 1540 g/mol. The molecule has 1 aromatic heterocycles. The molecule has 7 rings (SSSR count).